The van der Waals surface area contributed by atoms with Gasteiger partial charge in [-0.05, 0) is 12.1 Å². The highest BCUT2D eigenvalue weighted by Gasteiger charge is 1.89. The highest BCUT2D eigenvalue weighted by molar-refractivity contribution is 7.99. The van der Waals surface area contributed by atoms with Gasteiger partial charge in [0.05, 0.1) is 0 Å². The average Bonchev–Trinajstić information content (AvgIpc) is 2.03. The number of hydrogen-bond donors (Lipinski definition) is 0. The minimum atomic E-state index is 0.694. The van der Waals surface area contributed by atoms with E-state index in [9.17, 15) is 0 Å². The molecule has 0 unspecified atom stereocenters. The van der Waals surface area contributed by atoms with Crippen molar-refractivity contribution >= 4 is 23.4 Å². The molecule has 1 rings (SSSR count). The molecule has 1 aromatic rings. The van der Waals surface area contributed by atoms with Gasteiger partial charge >= 0.3 is 0 Å². The Morgan fingerprint density at radius 3 is 3.10 bits per heavy atom. The lowest BCUT2D eigenvalue weighted by Crippen LogP contribution is -1.79. The zero-order chi connectivity index (χ0) is 7.23. The van der Waals surface area contributed by atoms with Gasteiger partial charge in [0.2, 0.25) is 0 Å². The maximum Gasteiger partial charge on any atom is 0.0403 e. The van der Waals surface area contributed by atoms with Crippen LogP contribution in [-0.2, 0) is 0 Å². The first-order valence-electron chi connectivity index (χ1n) is 3.02. The zero-order valence-electron chi connectivity index (χ0n) is 5.46. The quantitative estimate of drug-likeness (QED) is 0.515. The topological polar surface area (TPSA) is 12.9 Å². The van der Waals surface area contributed by atoms with Crippen LogP contribution >= 0.6 is 23.4 Å². The molecule has 0 saturated heterocycles. The van der Waals surface area contributed by atoms with Gasteiger partial charge in [0.15, 0.2) is 0 Å². The van der Waals surface area contributed by atoms with Crippen LogP contribution in [0.15, 0.2) is 29.4 Å². The largest absolute Gasteiger partial charge is 0.264 e. The normalized spacial score (nSPS) is 9.70. The molecule has 0 N–H and O–H groups in total. The van der Waals surface area contributed by atoms with Gasteiger partial charge in [-0.25, -0.2) is 0 Å². The predicted octanol–water partition coefficient (Wildman–Crippen LogP) is 2.41. The number of aromatic nitrogens is 1. The molecule has 3 heteroatoms. The van der Waals surface area contributed by atoms with Crippen molar-refractivity contribution in [2.75, 3.05) is 11.6 Å². The van der Waals surface area contributed by atoms with Gasteiger partial charge < -0.3 is 0 Å². The Labute approximate surface area is 69.8 Å². The van der Waals surface area contributed by atoms with Crippen LogP contribution in [0.4, 0.5) is 0 Å². The van der Waals surface area contributed by atoms with Gasteiger partial charge in [-0.1, -0.05) is 0 Å². The van der Waals surface area contributed by atoms with E-state index in [1.54, 1.807) is 18.0 Å². The van der Waals surface area contributed by atoms with E-state index in [0.717, 1.165) is 5.75 Å². The SMILES string of the molecule is ClCCSc1cccnc1. The third kappa shape index (κ3) is 2.58. The van der Waals surface area contributed by atoms with Gasteiger partial charge in [0, 0.05) is 28.9 Å². The maximum atomic E-state index is 5.51. The monoisotopic (exact) mass is 173 g/mol. The molecule has 0 aromatic carbocycles. The fourth-order valence-electron chi connectivity index (χ4n) is 0.589. The van der Waals surface area contributed by atoms with E-state index in [1.807, 2.05) is 18.3 Å². The van der Waals surface area contributed by atoms with Crippen LogP contribution in [0, 0.1) is 0 Å². The van der Waals surface area contributed by atoms with Crippen LogP contribution in [0.25, 0.3) is 0 Å². The van der Waals surface area contributed by atoms with Crippen molar-refractivity contribution in [1.82, 2.24) is 4.98 Å². The third-order valence-corrected chi connectivity index (χ3v) is 2.38. The fraction of sp³-hybridized carbons (Fsp3) is 0.286. The van der Waals surface area contributed by atoms with Gasteiger partial charge in [0.25, 0.3) is 0 Å². The molecular weight excluding hydrogens is 166 g/mol. The smallest absolute Gasteiger partial charge is 0.0403 e. The molecule has 0 aliphatic rings. The van der Waals surface area contributed by atoms with Crippen LogP contribution < -0.4 is 0 Å². The van der Waals surface area contributed by atoms with Crippen molar-refractivity contribution in [3.05, 3.63) is 24.5 Å². The number of hydrogen-bond acceptors (Lipinski definition) is 2. The highest BCUT2D eigenvalue weighted by atomic mass is 35.5. The summed E-state index contributed by atoms with van der Waals surface area (Å²) >= 11 is 7.24. The van der Waals surface area contributed by atoms with Crippen molar-refractivity contribution in [2.45, 2.75) is 4.90 Å². The molecule has 0 bridgehead atoms. The molecule has 54 valence electrons. The standard InChI is InChI=1S/C7H8ClNS/c8-3-5-10-7-2-1-4-9-6-7/h1-2,4,6H,3,5H2. The Hall–Kier alpha value is -0.210. The average molecular weight is 174 g/mol. The highest BCUT2D eigenvalue weighted by Crippen LogP contribution is 2.15. The lowest BCUT2D eigenvalue weighted by Gasteiger charge is -1.94. The first-order valence-corrected chi connectivity index (χ1v) is 4.54. The third-order valence-electron chi connectivity index (χ3n) is 0.980. The first-order chi connectivity index (χ1) is 4.93. The van der Waals surface area contributed by atoms with Gasteiger partial charge in [0.1, 0.15) is 0 Å². The van der Waals surface area contributed by atoms with Gasteiger partial charge in [-0.15, -0.1) is 23.4 Å². The van der Waals surface area contributed by atoms with E-state index in [0.29, 0.717) is 5.88 Å². The minimum absolute atomic E-state index is 0.694. The molecule has 0 fully saturated rings. The molecule has 1 heterocycles. The summed E-state index contributed by atoms with van der Waals surface area (Å²) in [7, 11) is 0. The molecular formula is C7H8ClNS. The molecule has 0 radical (unpaired) electrons. The predicted molar refractivity (Wildman–Crippen MR) is 45.7 cm³/mol. The molecule has 0 saturated carbocycles. The first kappa shape index (κ1) is 7.89. The number of halogens is 1. The number of thioether (sulfide) groups is 1. The van der Waals surface area contributed by atoms with Crippen molar-refractivity contribution in [1.29, 1.82) is 0 Å². The van der Waals surface area contributed by atoms with Gasteiger partial charge in [-0.2, -0.15) is 0 Å². The molecule has 0 aliphatic carbocycles. The Morgan fingerprint density at radius 1 is 1.60 bits per heavy atom. The molecule has 1 aromatic heterocycles. The van der Waals surface area contributed by atoms with Crippen molar-refractivity contribution in [3.8, 4) is 0 Å². The van der Waals surface area contributed by atoms with Crippen LogP contribution in [0.2, 0.25) is 0 Å². The zero-order valence-corrected chi connectivity index (χ0v) is 7.03. The van der Waals surface area contributed by atoms with Crippen LogP contribution in [0.1, 0.15) is 0 Å². The number of rotatable bonds is 3. The van der Waals surface area contributed by atoms with Crippen molar-refractivity contribution < 1.29 is 0 Å². The summed E-state index contributed by atoms with van der Waals surface area (Å²) in [5.41, 5.74) is 0. The number of alkyl halides is 1. The van der Waals surface area contributed by atoms with Crippen LogP contribution in [0.3, 0.4) is 0 Å². The van der Waals surface area contributed by atoms with Crippen LogP contribution in [0.5, 0.6) is 0 Å². The fourth-order valence-corrected chi connectivity index (χ4v) is 1.44. The van der Waals surface area contributed by atoms with E-state index in [4.69, 9.17) is 11.6 Å². The lowest BCUT2D eigenvalue weighted by atomic mass is 10.5. The molecule has 10 heavy (non-hydrogen) atoms. The van der Waals surface area contributed by atoms with E-state index >= 15 is 0 Å². The van der Waals surface area contributed by atoms with E-state index in [2.05, 4.69) is 4.98 Å². The Kier molecular flexibility index (Phi) is 3.62. The van der Waals surface area contributed by atoms with Crippen molar-refractivity contribution in [2.24, 2.45) is 0 Å². The summed E-state index contributed by atoms with van der Waals surface area (Å²) in [6, 6.07) is 3.96. The molecule has 0 spiro atoms. The Balaban J connectivity index is 2.43. The summed E-state index contributed by atoms with van der Waals surface area (Å²) in [5, 5.41) is 0. The second-order valence-electron chi connectivity index (χ2n) is 1.73. The van der Waals surface area contributed by atoms with Gasteiger partial charge in [-0.3, -0.25) is 4.98 Å². The Morgan fingerprint density at radius 2 is 2.50 bits per heavy atom. The summed E-state index contributed by atoms with van der Waals surface area (Å²) in [5.74, 6) is 1.65. The van der Waals surface area contributed by atoms with Crippen LogP contribution in [-0.4, -0.2) is 16.6 Å². The molecule has 1 nitrogen and oxygen atoms in total. The van der Waals surface area contributed by atoms with E-state index in [-0.39, 0.29) is 0 Å². The van der Waals surface area contributed by atoms with E-state index in [1.165, 1.54) is 4.90 Å². The second kappa shape index (κ2) is 4.58. The Bertz CT molecular complexity index is 178. The maximum absolute atomic E-state index is 5.51. The number of pyridine rings is 1. The second-order valence-corrected chi connectivity index (χ2v) is 3.27. The summed E-state index contributed by atoms with van der Waals surface area (Å²) in [4.78, 5) is 5.16. The summed E-state index contributed by atoms with van der Waals surface area (Å²) in [6.45, 7) is 0. The molecule has 0 aliphatic heterocycles. The molecule has 0 amide bonds. The summed E-state index contributed by atoms with van der Waals surface area (Å²) in [6.07, 6.45) is 3.61. The lowest BCUT2D eigenvalue weighted by molar-refractivity contribution is 1.24. The minimum Gasteiger partial charge on any atom is -0.264 e. The molecule has 0 atom stereocenters. The van der Waals surface area contributed by atoms with Crippen molar-refractivity contribution in [3.63, 3.8) is 0 Å². The number of nitrogens with zero attached hydrogens (tertiary/aromatic N) is 1. The summed E-state index contributed by atoms with van der Waals surface area (Å²) < 4.78 is 0. The van der Waals surface area contributed by atoms with E-state index < -0.39 is 0 Å².